The van der Waals surface area contributed by atoms with Crippen LogP contribution in [0, 0.1) is 18.2 Å². The number of carbonyl (C=O) groups is 3. The summed E-state index contributed by atoms with van der Waals surface area (Å²) in [5.74, 6) is -2.40. The van der Waals surface area contributed by atoms with Crippen LogP contribution in [0.5, 0.6) is 0 Å². The first kappa shape index (κ1) is 20.7. The molecule has 4 nitrogen and oxygen atoms in total. The van der Waals surface area contributed by atoms with Crippen LogP contribution in [-0.4, -0.2) is 29.4 Å². The van der Waals surface area contributed by atoms with Gasteiger partial charge in [0.15, 0.2) is 17.3 Å². The first-order valence-electron chi connectivity index (χ1n) is 11.4. The Kier molecular flexibility index (Phi) is 4.31. The van der Waals surface area contributed by atoms with Crippen LogP contribution in [0.1, 0.15) is 50.2 Å². The second-order valence-corrected chi connectivity index (χ2v) is 9.40. The maximum absolute atomic E-state index is 15.4. The van der Waals surface area contributed by atoms with Gasteiger partial charge in [-0.15, -0.1) is 0 Å². The molecule has 3 aromatic rings. The normalized spacial score (nSPS) is 23.7. The monoisotopic (exact) mass is 451 g/mol. The Hall–Kier alpha value is -3.86. The fourth-order valence-corrected chi connectivity index (χ4v) is 6.30. The van der Waals surface area contributed by atoms with Gasteiger partial charge >= 0.3 is 0 Å². The van der Waals surface area contributed by atoms with Crippen molar-refractivity contribution >= 4 is 29.1 Å². The van der Waals surface area contributed by atoms with Crippen LogP contribution in [0.25, 0.3) is 6.08 Å². The minimum atomic E-state index is -1.64. The van der Waals surface area contributed by atoms with E-state index in [-0.39, 0.29) is 22.9 Å². The van der Waals surface area contributed by atoms with Crippen molar-refractivity contribution in [1.82, 2.24) is 0 Å². The predicted molar refractivity (Wildman–Crippen MR) is 128 cm³/mol. The van der Waals surface area contributed by atoms with E-state index in [1.807, 2.05) is 42.2 Å². The standard InChI is InChI=1S/C29H22FNO3/c1-16-11-12-18-13-14-24-29(27(33)19-7-3-4-8-20(19)28(29)34)25(21-9-5-6-10-22(21)30)26(17(2)32)31(24)23(18)15-16/h3-15,24-26H,1-2H3/t24?,25-,26-/m0/s1. The number of hydrogen-bond donors (Lipinski definition) is 0. The van der Waals surface area contributed by atoms with Gasteiger partial charge in [-0.1, -0.05) is 66.7 Å². The van der Waals surface area contributed by atoms with Crippen molar-refractivity contribution in [2.75, 3.05) is 4.90 Å². The molecule has 0 saturated carbocycles. The Morgan fingerprint density at radius 2 is 1.59 bits per heavy atom. The summed E-state index contributed by atoms with van der Waals surface area (Å²) >= 11 is 0. The summed E-state index contributed by atoms with van der Waals surface area (Å²) in [5.41, 5.74) is 1.92. The number of benzene rings is 3. The fourth-order valence-electron chi connectivity index (χ4n) is 6.30. The topological polar surface area (TPSA) is 54.5 Å². The van der Waals surface area contributed by atoms with Crippen molar-refractivity contribution in [3.05, 3.63) is 106 Å². The first-order valence-corrected chi connectivity index (χ1v) is 11.4. The lowest BCUT2D eigenvalue weighted by molar-refractivity contribution is -0.118. The predicted octanol–water partition coefficient (Wildman–Crippen LogP) is 5.16. The summed E-state index contributed by atoms with van der Waals surface area (Å²) in [6.45, 7) is 3.41. The van der Waals surface area contributed by atoms with E-state index >= 15 is 4.39 Å². The van der Waals surface area contributed by atoms with E-state index < -0.39 is 29.2 Å². The number of carbonyl (C=O) groups excluding carboxylic acids is 3. The van der Waals surface area contributed by atoms with E-state index in [1.165, 1.54) is 13.0 Å². The van der Waals surface area contributed by atoms with E-state index in [2.05, 4.69) is 0 Å². The molecule has 0 amide bonds. The van der Waals surface area contributed by atoms with Crippen LogP contribution < -0.4 is 4.90 Å². The first-order chi connectivity index (χ1) is 16.4. The molecule has 0 N–H and O–H groups in total. The van der Waals surface area contributed by atoms with Crippen LogP contribution >= 0.6 is 0 Å². The van der Waals surface area contributed by atoms with Gasteiger partial charge in [0.2, 0.25) is 0 Å². The smallest absolute Gasteiger partial charge is 0.180 e. The number of aryl methyl sites for hydroxylation is 1. The van der Waals surface area contributed by atoms with Gasteiger partial charge < -0.3 is 4.90 Å². The van der Waals surface area contributed by atoms with E-state index in [9.17, 15) is 14.4 Å². The van der Waals surface area contributed by atoms with Gasteiger partial charge in [-0.3, -0.25) is 14.4 Å². The Balaban J connectivity index is 1.71. The summed E-state index contributed by atoms with van der Waals surface area (Å²) in [6, 6.07) is 17.3. The average molecular weight is 451 g/mol. The molecule has 6 rings (SSSR count). The lowest BCUT2D eigenvalue weighted by atomic mass is 9.64. The van der Waals surface area contributed by atoms with Crippen LogP contribution in [0.3, 0.4) is 0 Å². The van der Waals surface area contributed by atoms with Crippen molar-refractivity contribution in [2.45, 2.75) is 31.8 Å². The molecule has 5 heteroatoms. The molecular weight excluding hydrogens is 429 g/mol. The second kappa shape index (κ2) is 7.07. The zero-order chi connectivity index (χ0) is 23.8. The molecule has 1 aliphatic carbocycles. The third-order valence-corrected chi connectivity index (χ3v) is 7.62. The van der Waals surface area contributed by atoms with Gasteiger partial charge in [-0.25, -0.2) is 4.39 Å². The summed E-state index contributed by atoms with van der Waals surface area (Å²) in [7, 11) is 0. The number of rotatable bonds is 2. The fraction of sp³-hybridized carbons (Fsp3) is 0.207. The number of halogens is 1. The van der Waals surface area contributed by atoms with Gasteiger partial charge in [-0.2, -0.15) is 0 Å². The summed E-state index contributed by atoms with van der Waals surface area (Å²) in [5, 5.41) is 0. The van der Waals surface area contributed by atoms with Crippen molar-refractivity contribution in [2.24, 2.45) is 5.41 Å². The molecule has 34 heavy (non-hydrogen) atoms. The molecule has 2 aliphatic heterocycles. The van der Waals surface area contributed by atoms with Gasteiger partial charge in [-0.05, 0) is 42.7 Å². The Bertz CT molecular complexity index is 1400. The van der Waals surface area contributed by atoms with Gasteiger partial charge in [0, 0.05) is 22.7 Å². The molecular formula is C29H22FNO3. The number of fused-ring (bicyclic) bond motifs is 5. The molecule has 0 aromatic heterocycles. The van der Waals surface area contributed by atoms with Gasteiger partial charge in [0.1, 0.15) is 11.2 Å². The Morgan fingerprint density at radius 1 is 0.941 bits per heavy atom. The van der Waals surface area contributed by atoms with Crippen molar-refractivity contribution < 1.29 is 18.8 Å². The number of hydrogen-bond acceptors (Lipinski definition) is 4. The SMILES string of the molecule is CC(=O)[C@H]1[C@H](c2ccccc2F)C2(C(=O)c3ccccc3C2=O)C2C=Cc3ccc(C)cc3N21. The highest BCUT2D eigenvalue weighted by Crippen LogP contribution is 2.60. The quantitative estimate of drug-likeness (QED) is 0.506. The van der Waals surface area contributed by atoms with E-state index in [4.69, 9.17) is 0 Å². The molecule has 1 spiro atoms. The molecule has 1 fully saturated rings. The molecule has 2 heterocycles. The zero-order valence-electron chi connectivity index (χ0n) is 18.8. The van der Waals surface area contributed by atoms with Crippen molar-refractivity contribution in [3.8, 4) is 0 Å². The summed E-state index contributed by atoms with van der Waals surface area (Å²) in [6.07, 6.45) is 3.75. The lowest BCUT2D eigenvalue weighted by Gasteiger charge is -2.37. The molecule has 0 radical (unpaired) electrons. The highest BCUT2D eigenvalue weighted by Gasteiger charge is 2.71. The van der Waals surface area contributed by atoms with Crippen LogP contribution in [0.4, 0.5) is 10.1 Å². The molecule has 3 aromatic carbocycles. The van der Waals surface area contributed by atoms with Crippen LogP contribution in [0.2, 0.25) is 0 Å². The molecule has 1 saturated heterocycles. The second-order valence-electron chi connectivity index (χ2n) is 9.40. The van der Waals surface area contributed by atoms with Crippen LogP contribution in [-0.2, 0) is 4.79 Å². The van der Waals surface area contributed by atoms with Crippen molar-refractivity contribution in [3.63, 3.8) is 0 Å². The number of anilines is 1. The third-order valence-electron chi connectivity index (χ3n) is 7.62. The molecule has 3 aliphatic rings. The summed E-state index contributed by atoms with van der Waals surface area (Å²) in [4.78, 5) is 43.6. The van der Waals surface area contributed by atoms with E-state index in [0.717, 1.165) is 16.8 Å². The Morgan fingerprint density at radius 3 is 2.24 bits per heavy atom. The van der Waals surface area contributed by atoms with E-state index in [1.54, 1.807) is 42.5 Å². The van der Waals surface area contributed by atoms with Gasteiger partial charge in [0.05, 0.1) is 12.1 Å². The highest BCUT2D eigenvalue weighted by molar-refractivity contribution is 6.32. The number of ketones is 3. The molecule has 168 valence electrons. The maximum atomic E-state index is 15.4. The average Bonchev–Trinajstić information content (AvgIpc) is 3.26. The molecule has 3 atom stereocenters. The van der Waals surface area contributed by atoms with Crippen LogP contribution in [0.15, 0.2) is 72.8 Å². The number of Topliss-reactive ketones (excluding diaryl/α,β-unsaturated/α-hetero) is 3. The molecule has 0 bridgehead atoms. The Labute approximate surface area is 196 Å². The highest BCUT2D eigenvalue weighted by atomic mass is 19.1. The third kappa shape index (κ3) is 2.44. The maximum Gasteiger partial charge on any atom is 0.180 e. The minimum Gasteiger partial charge on any atom is -0.352 e. The van der Waals surface area contributed by atoms with E-state index in [0.29, 0.717) is 11.1 Å². The van der Waals surface area contributed by atoms with Gasteiger partial charge in [0.25, 0.3) is 0 Å². The number of nitrogens with zero attached hydrogens (tertiary/aromatic N) is 1. The molecule has 1 unspecified atom stereocenters. The summed E-state index contributed by atoms with van der Waals surface area (Å²) < 4.78 is 15.4. The van der Waals surface area contributed by atoms with Crippen molar-refractivity contribution in [1.29, 1.82) is 0 Å². The minimum absolute atomic E-state index is 0.213. The largest absolute Gasteiger partial charge is 0.352 e. The lowest BCUT2D eigenvalue weighted by Crippen LogP contribution is -2.48. The zero-order valence-corrected chi connectivity index (χ0v) is 18.8.